The molecular formula is C13H22N2OS. The molecule has 96 valence electrons. The van der Waals surface area contributed by atoms with E-state index in [2.05, 4.69) is 16.7 Å². The first-order valence-corrected chi connectivity index (χ1v) is 7.58. The maximum atomic E-state index is 11.9. The van der Waals surface area contributed by atoms with Gasteiger partial charge in [-0.2, -0.15) is 11.8 Å². The fourth-order valence-electron chi connectivity index (χ4n) is 2.46. The highest BCUT2D eigenvalue weighted by Gasteiger charge is 2.27. The zero-order chi connectivity index (χ0) is 12.3. The van der Waals surface area contributed by atoms with Gasteiger partial charge in [-0.05, 0) is 26.0 Å². The molecule has 0 saturated carbocycles. The van der Waals surface area contributed by atoms with Gasteiger partial charge in [0.25, 0.3) is 0 Å². The molecule has 2 fully saturated rings. The van der Waals surface area contributed by atoms with Crippen molar-refractivity contribution in [1.82, 2.24) is 9.80 Å². The van der Waals surface area contributed by atoms with Crippen LogP contribution in [0.25, 0.3) is 0 Å². The lowest BCUT2D eigenvalue weighted by Gasteiger charge is -2.37. The van der Waals surface area contributed by atoms with Gasteiger partial charge in [-0.1, -0.05) is 5.57 Å². The minimum atomic E-state index is 0.186. The van der Waals surface area contributed by atoms with Gasteiger partial charge in [0.2, 0.25) is 5.91 Å². The molecular weight excluding hydrogens is 232 g/mol. The lowest BCUT2D eigenvalue weighted by atomic mass is 10.2. The summed E-state index contributed by atoms with van der Waals surface area (Å²) < 4.78 is 0. The van der Waals surface area contributed by atoms with E-state index in [0.717, 1.165) is 37.8 Å². The van der Waals surface area contributed by atoms with Gasteiger partial charge in [0.15, 0.2) is 0 Å². The molecule has 0 aromatic rings. The summed E-state index contributed by atoms with van der Waals surface area (Å²) in [6.07, 6.45) is 3.08. The van der Waals surface area contributed by atoms with Crippen LogP contribution in [0.1, 0.15) is 20.3 Å². The Balaban J connectivity index is 1.81. The average molecular weight is 254 g/mol. The number of nitrogens with zero attached hydrogens (tertiary/aromatic N) is 2. The molecule has 1 atom stereocenters. The van der Waals surface area contributed by atoms with E-state index in [4.69, 9.17) is 0 Å². The molecule has 17 heavy (non-hydrogen) atoms. The van der Waals surface area contributed by atoms with Crippen molar-refractivity contribution >= 4 is 17.7 Å². The van der Waals surface area contributed by atoms with E-state index in [9.17, 15) is 4.79 Å². The molecule has 0 aromatic carbocycles. The summed E-state index contributed by atoms with van der Waals surface area (Å²) in [7, 11) is 0. The molecule has 2 saturated heterocycles. The third-order valence-corrected chi connectivity index (χ3v) is 4.60. The number of carbonyl (C=O) groups is 1. The summed E-state index contributed by atoms with van der Waals surface area (Å²) in [4.78, 5) is 16.4. The highest BCUT2D eigenvalue weighted by atomic mass is 32.2. The zero-order valence-corrected chi connectivity index (χ0v) is 11.6. The predicted octanol–water partition coefficient (Wildman–Crippen LogP) is 1.60. The molecule has 1 amide bonds. The second-order valence-electron chi connectivity index (χ2n) is 5.10. The molecule has 0 aromatic heterocycles. The minimum absolute atomic E-state index is 0.186. The zero-order valence-electron chi connectivity index (χ0n) is 10.8. The Labute approximate surface area is 108 Å². The number of rotatable bonds is 2. The monoisotopic (exact) mass is 254 g/mol. The smallest absolute Gasteiger partial charge is 0.246 e. The standard InChI is InChI=1S/C13H22N2OS/c1-11(2)9-13(16)15-6-4-14(5-7-15)12-3-8-17-10-12/h9,12H,3-8,10H2,1-2H3/t12-/m0/s1. The van der Waals surface area contributed by atoms with E-state index < -0.39 is 0 Å². The lowest BCUT2D eigenvalue weighted by Crippen LogP contribution is -2.51. The van der Waals surface area contributed by atoms with Crippen molar-refractivity contribution in [2.45, 2.75) is 26.3 Å². The van der Waals surface area contributed by atoms with E-state index in [-0.39, 0.29) is 5.91 Å². The van der Waals surface area contributed by atoms with Crippen molar-refractivity contribution in [3.63, 3.8) is 0 Å². The van der Waals surface area contributed by atoms with Gasteiger partial charge in [-0.25, -0.2) is 0 Å². The maximum Gasteiger partial charge on any atom is 0.246 e. The van der Waals surface area contributed by atoms with Gasteiger partial charge >= 0.3 is 0 Å². The highest BCUT2D eigenvalue weighted by Crippen LogP contribution is 2.23. The first-order chi connectivity index (χ1) is 8.16. The van der Waals surface area contributed by atoms with E-state index in [1.54, 1.807) is 6.08 Å². The maximum absolute atomic E-state index is 11.9. The van der Waals surface area contributed by atoms with E-state index in [0.29, 0.717) is 0 Å². The molecule has 0 spiro atoms. The van der Waals surface area contributed by atoms with Crippen LogP contribution in [0.3, 0.4) is 0 Å². The number of hydrogen-bond donors (Lipinski definition) is 0. The molecule has 2 aliphatic rings. The van der Waals surface area contributed by atoms with Crippen molar-refractivity contribution in [3.8, 4) is 0 Å². The molecule has 4 heteroatoms. The first kappa shape index (κ1) is 13.0. The Kier molecular flexibility index (Phi) is 4.51. The van der Waals surface area contributed by atoms with Crippen LogP contribution in [0.4, 0.5) is 0 Å². The topological polar surface area (TPSA) is 23.6 Å². The molecule has 0 bridgehead atoms. The minimum Gasteiger partial charge on any atom is -0.337 e. The summed E-state index contributed by atoms with van der Waals surface area (Å²) in [6, 6.07) is 0.765. The summed E-state index contributed by atoms with van der Waals surface area (Å²) in [5.74, 6) is 2.77. The van der Waals surface area contributed by atoms with Crippen LogP contribution in [0, 0.1) is 0 Å². The van der Waals surface area contributed by atoms with Crippen molar-refractivity contribution in [3.05, 3.63) is 11.6 Å². The van der Waals surface area contributed by atoms with Crippen molar-refractivity contribution in [1.29, 1.82) is 0 Å². The summed E-state index contributed by atoms with van der Waals surface area (Å²) >= 11 is 2.06. The number of amides is 1. The third kappa shape index (κ3) is 3.49. The number of allylic oxidation sites excluding steroid dienone is 1. The van der Waals surface area contributed by atoms with Crippen molar-refractivity contribution < 1.29 is 4.79 Å². The Hall–Kier alpha value is -0.480. The lowest BCUT2D eigenvalue weighted by molar-refractivity contribution is -0.128. The predicted molar refractivity (Wildman–Crippen MR) is 73.3 cm³/mol. The van der Waals surface area contributed by atoms with Gasteiger partial charge in [-0.3, -0.25) is 9.69 Å². The molecule has 3 nitrogen and oxygen atoms in total. The summed E-state index contributed by atoms with van der Waals surface area (Å²) in [5.41, 5.74) is 1.09. The highest BCUT2D eigenvalue weighted by molar-refractivity contribution is 7.99. The Morgan fingerprint density at radius 1 is 1.24 bits per heavy atom. The molecule has 0 unspecified atom stereocenters. The van der Waals surface area contributed by atoms with Crippen LogP contribution in [-0.2, 0) is 4.79 Å². The summed E-state index contributed by atoms with van der Waals surface area (Å²) in [6.45, 7) is 7.84. The quantitative estimate of drug-likeness (QED) is 0.699. The van der Waals surface area contributed by atoms with Gasteiger partial charge < -0.3 is 4.90 Å². The molecule has 2 aliphatic heterocycles. The van der Waals surface area contributed by atoms with Crippen molar-refractivity contribution in [2.75, 3.05) is 37.7 Å². The van der Waals surface area contributed by atoms with Crippen LogP contribution in [0.5, 0.6) is 0 Å². The molecule has 0 aliphatic carbocycles. The fourth-order valence-corrected chi connectivity index (χ4v) is 3.71. The number of piperazine rings is 1. The van der Waals surface area contributed by atoms with Crippen LogP contribution < -0.4 is 0 Å². The van der Waals surface area contributed by atoms with Gasteiger partial charge in [-0.15, -0.1) is 0 Å². The number of carbonyl (C=O) groups excluding carboxylic acids is 1. The van der Waals surface area contributed by atoms with Crippen molar-refractivity contribution in [2.24, 2.45) is 0 Å². The second kappa shape index (κ2) is 5.91. The Bertz CT molecular complexity index is 299. The van der Waals surface area contributed by atoms with Crippen LogP contribution in [0.2, 0.25) is 0 Å². The van der Waals surface area contributed by atoms with E-state index in [1.807, 2.05) is 18.7 Å². The SMILES string of the molecule is CC(C)=CC(=O)N1CCN([C@H]2CCSC2)CC1. The van der Waals surface area contributed by atoms with Gasteiger partial charge in [0.05, 0.1) is 0 Å². The van der Waals surface area contributed by atoms with Crippen LogP contribution in [0.15, 0.2) is 11.6 Å². The Morgan fingerprint density at radius 2 is 1.94 bits per heavy atom. The average Bonchev–Trinajstić information content (AvgIpc) is 2.82. The molecule has 2 heterocycles. The molecule has 0 N–H and O–H groups in total. The normalized spacial score (nSPS) is 26.0. The van der Waals surface area contributed by atoms with E-state index >= 15 is 0 Å². The second-order valence-corrected chi connectivity index (χ2v) is 6.25. The summed E-state index contributed by atoms with van der Waals surface area (Å²) in [5, 5.41) is 0. The molecule has 0 radical (unpaired) electrons. The fraction of sp³-hybridized carbons (Fsp3) is 0.769. The van der Waals surface area contributed by atoms with Crippen LogP contribution >= 0.6 is 11.8 Å². The first-order valence-electron chi connectivity index (χ1n) is 6.42. The third-order valence-electron chi connectivity index (χ3n) is 3.46. The number of thioether (sulfide) groups is 1. The van der Waals surface area contributed by atoms with E-state index in [1.165, 1.54) is 17.9 Å². The largest absolute Gasteiger partial charge is 0.337 e. The molecule has 2 rings (SSSR count). The number of hydrogen-bond acceptors (Lipinski definition) is 3. The Morgan fingerprint density at radius 3 is 2.47 bits per heavy atom. The van der Waals surface area contributed by atoms with Gasteiger partial charge in [0, 0.05) is 44.0 Å². The van der Waals surface area contributed by atoms with Crippen LogP contribution in [-0.4, -0.2) is 59.4 Å². The van der Waals surface area contributed by atoms with Gasteiger partial charge in [0.1, 0.15) is 0 Å².